The van der Waals surface area contributed by atoms with Crippen molar-refractivity contribution < 1.29 is 9.72 Å². The molecule has 2 aromatic rings. The molecule has 1 N–H and O–H groups in total. The van der Waals surface area contributed by atoms with Gasteiger partial charge in [-0.2, -0.15) is 0 Å². The molecule has 1 saturated heterocycles. The topological polar surface area (TPSA) is 82.0 Å². The second kappa shape index (κ2) is 9.69. The molecule has 2 aromatic carbocycles. The third kappa shape index (κ3) is 5.34. The fourth-order valence-electron chi connectivity index (χ4n) is 3.64. The molecule has 0 radical (unpaired) electrons. The number of nitro benzene ring substituents is 1. The van der Waals surface area contributed by atoms with Gasteiger partial charge < -0.3 is 15.1 Å². The molecule has 0 aromatic heterocycles. The molecule has 8 heteroatoms. The Balaban J connectivity index is 1.76. The van der Waals surface area contributed by atoms with Crippen molar-refractivity contribution in [3.8, 4) is 0 Å². The highest BCUT2D eigenvalue weighted by molar-refractivity contribution is 5.94. The molecule has 1 amide bonds. The lowest BCUT2D eigenvalue weighted by molar-refractivity contribution is -0.384. The van der Waals surface area contributed by atoms with Gasteiger partial charge in [0.15, 0.2) is 0 Å². The number of carbonyl (C=O) groups excluding carboxylic acids is 1. The highest BCUT2D eigenvalue weighted by Crippen LogP contribution is 2.24. The number of nitrogens with zero attached hydrogens (tertiary/aromatic N) is 4. The summed E-state index contributed by atoms with van der Waals surface area (Å²) in [5.41, 5.74) is 2.47. The Bertz CT molecular complexity index is 877. The van der Waals surface area contributed by atoms with E-state index in [1.54, 1.807) is 6.07 Å². The first kappa shape index (κ1) is 21.7. The standard InChI is InChI=1S/C22H29N5O3/c1-24(2)19-9-7-17(8-10-19)21(26-13-11-25(3)12-14-26)16-23-22(28)18-5-4-6-20(15-18)27(29)30/h4-10,15,21H,11-14,16H2,1-3H3,(H,23,28). The van der Waals surface area contributed by atoms with Crippen molar-refractivity contribution in [1.82, 2.24) is 15.1 Å². The van der Waals surface area contributed by atoms with Crippen LogP contribution in [0.4, 0.5) is 11.4 Å². The SMILES string of the molecule is CN1CCN(C(CNC(=O)c2cccc([N+](=O)[O-])c2)c2ccc(N(C)C)cc2)CC1. The van der Waals surface area contributed by atoms with E-state index in [1.165, 1.54) is 18.2 Å². The quantitative estimate of drug-likeness (QED) is 0.557. The first-order valence-electron chi connectivity index (χ1n) is 10.1. The molecule has 1 aliphatic heterocycles. The molecule has 1 atom stereocenters. The van der Waals surface area contributed by atoms with Gasteiger partial charge in [0.1, 0.15) is 0 Å². The summed E-state index contributed by atoms with van der Waals surface area (Å²) in [6.07, 6.45) is 0. The fourth-order valence-corrected chi connectivity index (χ4v) is 3.64. The highest BCUT2D eigenvalue weighted by Gasteiger charge is 2.25. The zero-order valence-electron chi connectivity index (χ0n) is 17.7. The number of nitrogens with one attached hydrogen (secondary N) is 1. The van der Waals surface area contributed by atoms with Gasteiger partial charge in [0.05, 0.1) is 11.0 Å². The van der Waals surface area contributed by atoms with Crippen molar-refractivity contribution in [3.05, 3.63) is 69.8 Å². The molecule has 160 valence electrons. The van der Waals surface area contributed by atoms with Gasteiger partial charge in [-0.05, 0) is 30.8 Å². The minimum Gasteiger partial charge on any atom is -0.378 e. The van der Waals surface area contributed by atoms with E-state index >= 15 is 0 Å². The molecule has 1 unspecified atom stereocenters. The molecule has 0 saturated carbocycles. The number of carbonyl (C=O) groups is 1. The predicted octanol–water partition coefficient (Wildman–Crippen LogP) is 2.38. The average molecular weight is 412 g/mol. The fraction of sp³-hybridized carbons (Fsp3) is 0.409. The zero-order valence-corrected chi connectivity index (χ0v) is 17.7. The summed E-state index contributed by atoms with van der Waals surface area (Å²) in [4.78, 5) is 29.9. The Morgan fingerprint density at radius 3 is 2.40 bits per heavy atom. The number of hydrogen-bond acceptors (Lipinski definition) is 6. The van der Waals surface area contributed by atoms with Crippen molar-refractivity contribution in [1.29, 1.82) is 0 Å². The van der Waals surface area contributed by atoms with Crippen LogP contribution in [0.3, 0.4) is 0 Å². The number of benzene rings is 2. The molecule has 0 spiro atoms. The second-order valence-electron chi connectivity index (χ2n) is 7.86. The summed E-state index contributed by atoms with van der Waals surface area (Å²) in [7, 11) is 6.13. The van der Waals surface area contributed by atoms with Gasteiger partial charge in [-0.1, -0.05) is 18.2 Å². The number of likely N-dealkylation sites (N-methyl/N-ethyl adjacent to an activating group) is 1. The maximum atomic E-state index is 12.7. The minimum atomic E-state index is -0.490. The van der Waals surface area contributed by atoms with Gasteiger partial charge in [-0.3, -0.25) is 19.8 Å². The molecule has 1 aliphatic rings. The van der Waals surface area contributed by atoms with E-state index in [0.717, 1.165) is 37.4 Å². The van der Waals surface area contributed by atoms with Gasteiger partial charge in [0.2, 0.25) is 0 Å². The molecular weight excluding hydrogens is 382 g/mol. The lowest BCUT2D eigenvalue weighted by Crippen LogP contribution is -2.48. The van der Waals surface area contributed by atoms with E-state index in [0.29, 0.717) is 12.1 Å². The molecule has 8 nitrogen and oxygen atoms in total. The second-order valence-corrected chi connectivity index (χ2v) is 7.86. The zero-order chi connectivity index (χ0) is 21.7. The largest absolute Gasteiger partial charge is 0.378 e. The summed E-state index contributed by atoms with van der Waals surface area (Å²) < 4.78 is 0. The van der Waals surface area contributed by atoms with Crippen molar-refractivity contribution in [2.75, 3.05) is 58.8 Å². The highest BCUT2D eigenvalue weighted by atomic mass is 16.6. The Morgan fingerprint density at radius 2 is 1.80 bits per heavy atom. The average Bonchev–Trinajstić information content (AvgIpc) is 2.75. The molecule has 1 fully saturated rings. The molecule has 3 rings (SSSR count). The third-order valence-corrected chi connectivity index (χ3v) is 5.55. The monoisotopic (exact) mass is 411 g/mol. The lowest BCUT2D eigenvalue weighted by Gasteiger charge is -2.38. The van der Waals surface area contributed by atoms with Crippen LogP contribution in [0, 0.1) is 10.1 Å². The Hall–Kier alpha value is -2.97. The summed E-state index contributed by atoms with van der Waals surface area (Å²) in [5, 5.41) is 14.0. The van der Waals surface area contributed by atoms with Crippen LogP contribution >= 0.6 is 0 Å². The number of non-ortho nitro benzene ring substituents is 1. The number of anilines is 1. The van der Waals surface area contributed by atoms with Crippen molar-refractivity contribution in [3.63, 3.8) is 0 Å². The predicted molar refractivity (Wildman–Crippen MR) is 118 cm³/mol. The third-order valence-electron chi connectivity index (χ3n) is 5.55. The number of piperazine rings is 1. The summed E-state index contributed by atoms with van der Waals surface area (Å²) in [6.45, 7) is 4.23. The first-order valence-corrected chi connectivity index (χ1v) is 10.1. The van der Waals surface area contributed by atoms with Crippen LogP contribution in [0.5, 0.6) is 0 Å². The van der Waals surface area contributed by atoms with Crippen LogP contribution in [0.25, 0.3) is 0 Å². The number of nitro groups is 1. The van der Waals surface area contributed by atoms with Gasteiger partial charge in [-0.25, -0.2) is 0 Å². The van der Waals surface area contributed by atoms with Gasteiger partial charge >= 0.3 is 0 Å². The number of hydrogen-bond donors (Lipinski definition) is 1. The molecule has 30 heavy (non-hydrogen) atoms. The van der Waals surface area contributed by atoms with Crippen molar-refractivity contribution in [2.45, 2.75) is 6.04 Å². The molecule has 0 bridgehead atoms. The van der Waals surface area contributed by atoms with Gasteiger partial charge in [-0.15, -0.1) is 0 Å². The van der Waals surface area contributed by atoms with Crippen LogP contribution in [-0.4, -0.2) is 74.5 Å². The summed E-state index contributed by atoms with van der Waals surface area (Å²) in [6, 6.07) is 14.3. The van der Waals surface area contributed by atoms with Crippen LogP contribution in [0.15, 0.2) is 48.5 Å². The first-order chi connectivity index (χ1) is 14.3. The van der Waals surface area contributed by atoms with E-state index in [9.17, 15) is 14.9 Å². The number of amides is 1. The minimum absolute atomic E-state index is 0.0394. The van der Waals surface area contributed by atoms with E-state index in [1.807, 2.05) is 14.1 Å². The molecule has 1 heterocycles. The van der Waals surface area contributed by atoms with Crippen molar-refractivity contribution in [2.24, 2.45) is 0 Å². The lowest BCUT2D eigenvalue weighted by atomic mass is 10.0. The maximum absolute atomic E-state index is 12.7. The van der Waals surface area contributed by atoms with Crippen LogP contribution in [-0.2, 0) is 0 Å². The number of rotatable bonds is 7. The smallest absolute Gasteiger partial charge is 0.270 e. The summed E-state index contributed by atoms with van der Waals surface area (Å²) >= 11 is 0. The van der Waals surface area contributed by atoms with Gasteiger partial charge in [0.25, 0.3) is 11.6 Å². The Labute approximate surface area is 177 Å². The van der Waals surface area contributed by atoms with E-state index in [4.69, 9.17) is 0 Å². The maximum Gasteiger partial charge on any atom is 0.270 e. The molecular formula is C22H29N5O3. The molecule has 0 aliphatic carbocycles. The van der Waals surface area contributed by atoms with Gasteiger partial charge in [0, 0.05) is 70.2 Å². The van der Waals surface area contributed by atoms with Crippen LogP contribution in [0.2, 0.25) is 0 Å². The van der Waals surface area contributed by atoms with Crippen LogP contribution in [0.1, 0.15) is 22.0 Å². The summed E-state index contributed by atoms with van der Waals surface area (Å²) in [5.74, 6) is -0.303. The van der Waals surface area contributed by atoms with E-state index in [2.05, 4.69) is 51.3 Å². The van der Waals surface area contributed by atoms with Crippen molar-refractivity contribution >= 4 is 17.3 Å². The van der Waals surface area contributed by atoms with E-state index < -0.39 is 4.92 Å². The Morgan fingerprint density at radius 1 is 1.13 bits per heavy atom. The Kier molecular flexibility index (Phi) is 7.02. The van der Waals surface area contributed by atoms with Crippen LogP contribution < -0.4 is 10.2 Å². The normalized spacial score (nSPS) is 16.1. The van der Waals surface area contributed by atoms with E-state index in [-0.39, 0.29) is 17.6 Å².